The van der Waals surface area contributed by atoms with Crippen molar-refractivity contribution in [2.75, 3.05) is 0 Å². The van der Waals surface area contributed by atoms with Crippen molar-refractivity contribution in [1.29, 1.82) is 0 Å². The Hall–Kier alpha value is -2.73. The number of carbonyl (C=O) groups excluding carboxylic acids is 1. The maximum absolute atomic E-state index is 10.8. The lowest BCUT2D eigenvalue weighted by molar-refractivity contribution is 0.0696. The molecule has 0 atom stereocenters. The highest BCUT2D eigenvalue weighted by Gasteiger charge is 1.98. The predicted molar refractivity (Wildman–Crippen MR) is 69.3 cm³/mol. The molecule has 0 spiro atoms. The summed E-state index contributed by atoms with van der Waals surface area (Å²) in [7, 11) is 0. The predicted octanol–water partition coefficient (Wildman–Crippen LogP) is 1.07. The number of carboxylic acid groups (broad SMARTS) is 1. The van der Waals surface area contributed by atoms with Gasteiger partial charge in [-0.05, 0) is 24.3 Å². The third kappa shape index (κ3) is 4.97. The third-order valence-corrected chi connectivity index (χ3v) is 2.08. The molecule has 0 fully saturated rings. The van der Waals surface area contributed by atoms with E-state index in [0.29, 0.717) is 5.56 Å². The fraction of sp³-hybridized carbons (Fsp3) is 0. The highest BCUT2D eigenvalue weighted by atomic mass is 16.4. The summed E-state index contributed by atoms with van der Waals surface area (Å²) in [5.41, 5.74) is 2.84. The summed E-state index contributed by atoms with van der Waals surface area (Å²) in [5.74, 6) is 3.70. The molecule has 6 heteroatoms. The zero-order chi connectivity index (χ0) is 14.1. The second-order valence-corrected chi connectivity index (χ2v) is 3.39. The van der Waals surface area contributed by atoms with Gasteiger partial charge in [-0.25, -0.2) is 10.6 Å². The maximum atomic E-state index is 10.8. The SMILES string of the molecule is NNC(=O)c1ccccc1.O=C(O)c1cccnc1. The van der Waals surface area contributed by atoms with Crippen molar-refractivity contribution in [1.82, 2.24) is 10.4 Å². The first-order valence-corrected chi connectivity index (χ1v) is 5.34. The number of pyridine rings is 1. The smallest absolute Gasteiger partial charge is 0.337 e. The van der Waals surface area contributed by atoms with Crippen LogP contribution in [0.15, 0.2) is 54.9 Å². The lowest BCUT2D eigenvalue weighted by Crippen LogP contribution is -2.29. The van der Waals surface area contributed by atoms with Crippen LogP contribution in [0.25, 0.3) is 0 Å². The number of nitrogens with two attached hydrogens (primary N) is 1. The number of hydrogen-bond acceptors (Lipinski definition) is 4. The van der Waals surface area contributed by atoms with Crippen molar-refractivity contribution >= 4 is 11.9 Å². The Morgan fingerprint density at radius 1 is 1.05 bits per heavy atom. The van der Waals surface area contributed by atoms with E-state index in [0.717, 1.165) is 0 Å². The van der Waals surface area contributed by atoms with Gasteiger partial charge >= 0.3 is 5.97 Å². The molecule has 98 valence electrons. The van der Waals surface area contributed by atoms with Gasteiger partial charge in [-0.3, -0.25) is 15.2 Å². The van der Waals surface area contributed by atoms with Gasteiger partial charge in [-0.15, -0.1) is 0 Å². The molecule has 1 aromatic carbocycles. The number of hydrogen-bond donors (Lipinski definition) is 3. The Balaban J connectivity index is 0.000000191. The first-order valence-electron chi connectivity index (χ1n) is 5.34. The Morgan fingerprint density at radius 3 is 2.11 bits per heavy atom. The molecule has 2 aromatic rings. The van der Waals surface area contributed by atoms with E-state index in [9.17, 15) is 9.59 Å². The Morgan fingerprint density at radius 2 is 1.68 bits per heavy atom. The van der Waals surface area contributed by atoms with Crippen LogP contribution in [0.1, 0.15) is 20.7 Å². The summed E-state index contributed by atoms with van der Waals surface area (Å²) in [4.78, 5) is 24.6. The quantitative estimate of drug-likeness (QED) is 0.425. The number of aromatic carboxylic acids is 1. The molecule has 0 aliphatic heterocycles. The van der Waals surface area contributed by atoms with Gasteiger partial charge in [0.05, 0.1) is 5.56 Å². The van der Waals surface area contributed by atoms with E-state index in [2.05, 4.69) is 4.98 Å². The molecule has 0 saturated carbocycles. The molecule has 0 radical (unpaired) electrons. The number of carboxylic acids is 1. The molecule has 1 aromatic heterocycles. The molecular weight excluding hydrogens is 246 g/mol. The van der Waals surface area contributed by atoms with Gasteiger partial charge in [0, 0.05) is 18.0 Å². The van der Waals surface area contributed by atoms with Crippen molar-refractivity contribution in [2.24, 2.45) is 5.84 Å². The van der Waals surface area contributed by atoms with Crippen molar-refractivity contribution in [3.63, 3.8) is 0 Å². The number of rotatable bonds is 2. The normalized spacial score (nSPS) is 8.89. The van der Waals surface area contributed by atoms with Crippen molar-refractivity contribution < 1.29 is 14.7 Å². The zero-order valence-corrected chi connectivity index (χ0v) is 9.98. The molecule has 0 aliphatic carbocycles. The molecule has 0 unspecified atom stereocenters. The van der Waals surface area contributed by atoms with Crippen LogP contribution in [0.4, 0.5) is 0 Å². The summed E-state index contributed by atoms with van der Waals surface area (Å²) < 4.78 is 0. The van der Waals surface area contributed by atoms with E-state index in [1.807, 2.05) is 11.5 Å². The van der Waals surface area contributed by atoms with E-state index in [1.165, 1.54) is 18.5 Å². The van der Waals surface area contributed by atoms with Gasteiger partial charge in [0.15, 0.2) is 0 Å². The van der Waals surface area contributed by atoms with Crippen LogP contribution in [0.5, 0.6) is 0 Å². The standard InChI is InChI=1S/C7H8N2O.C6H5NO2/c8-9-7(10)6-4-2-1-3-5-6;8-6(9)5-2-1-3-7-4-5/h1-5H,8H2,(H,9,10);1-4H,(H,8,9). The average molecular weight is 259 g/mol. The highest BCUT2D eigenvalue weighted by molar-refractivity contribution is 5.93. The van der Waals surface area contributed by atoms with E-state index >= 15 is 0 Å². The molecule has 1 heterocycles. The molecule has 4 N–H and O–H groups in total. The van der Waals surface area contributed by atoms with Crippen LogP contribution in [0.2, 0.25) is 0 Å². The number of nitrogens with zero attached hydrogens (tertiary/aromatic N) is 1. The number of aromatic nitrogens is 1. The van der Waals surface area contributed by atoms with E-state index in [1.54, 1.807) is 30.3 Å². The largest absolute Gasteiger partial charge is 0.478 e. The van der Waals surface area contributed by atoms with Crippen LogP contribution in [0, 0.1) is 0 Å². The number of hydrazine groups is 1. The van der Waals surface area contributed by atoms with Crippen molar-refractivity contribution in [3.05, 3.63) is 66.0 Å². The van der Waals surface area contributed by atoms with Crippen molar-refractivity contribution in [3.8, 4) is 0 Å². The average Bonchev–Trinajstić information content (AvgIpc) is 2.49. The Kier molecular flexibility index (Phi) is 5.71. The summed E-state index contributed by atoms with van der Waals surface area (Å²) in [6, 6.07) is 11.9. The Bertz CT molecular complexity index is 529. The maximum Gasteiger partial charge on any atom is 0.337 e. The minimum atomic E-state index is -0.942. The number of benzene rings is 1. The van der Waals surface area contributed by atoms with Crippen LogP contribution < -0.4 is 11.3 Å². The monoisotopic (exact) mass is 259 g/mol. The summed E-state index contributed by atoms with van der Waals surface area (Å²) >= 11 is 0. The first-order chi connectivity index (χ1) is 9.15. The second kappa shape index (κ2) is 7.57. The first kappa shape index (κ1) is 14.3. The summed E-state index contributed by atoms with van der Waals surface area (Å²) in [5, 5.41) is 8.34. The third-order valence-electron chi connectivity index (χ3n) is 2.08. The zero-order valence-electron chi connectivity index (χ0n) is 9.98. The molecule has 6 nitrogen and oxygen atoms in total. The van der Waals surface area contributed by atoms with Crippen molar-refractivity contribution in [2.45, 2.75) is 0 Å². The molecule has 1 amide bonds. The van der Waals surface area contributed by atoms with Gasteiger partial charge in [0.2, 0.25) is 0 Å². The topological polar surface area (TPSA) is 105 Å². The molecule has 2 rings (SSSR count). The lowest BCUT2D eigenvalue weighted by Gasteiger charge is -1.95. The van der Waals surface area contributed by atoms with Crippen LogP contribution in [-0.2, 0) is 0 Å². The molecule has 0 saturated heterocycles. The van der Waals surface area contributed by atoms with Gasteiger partial charge < -0.3 is 5.11 Å². The highest BCUT2D eigenvalue weighted by Crippen LogP contribution is 1.96. The molecule has 19 heavy (non-hydrogen) atoms. The van der Waals surface area contributed by atoms with Gasteiger partial charge in [-0.2, -0.15) is 0 Å². The summed E-state index contributed by atoms with van der Waals surface area (Å²) in [6.45, 7) is 0. The van der Waals surface area contributed by atoms with Gasteiger partial charge in [0.1, 0.15) is 0 Å². The minimum Gasteiger partial charge on any atom is -0.478 e. The minimum absolute atomic E-state index is 0.220. The number of nitrogen functional groups attached to an aromatic ring is 1. The van der Waals surface area contributed by atoms with Crippen LogP contribution >= 0.6 is 0 Å². The van der Waals surface area contributed by atoms with Gasteiger partial charge in [0.25, 0.3) is 5.91 Å². The van der Waals surface area contributed by atoms with Gasteiger partial charge in [-0.1, -0.05) is 18.2 Å². The van der Waals surface area contributed by atoms with Crippen LogP contribution in [-0.4, -0.2) is 22.0 Å². The summed E-state index contributed by atoms with van der Waals surface area (Å²) in [6.07, 6.45) is 2.84. The number of amides is 1. The second-order valence-electron chi connectivity index (χ2n) is 3.39. The number of nitrogens with one attached hydrogen (secondary N) is 1. The molecule has 0 bridgehead atoms. The fourth-order valence-electron chi connectivity index (χ4n) is 1.16. The molecule has 0 aliphatic rings. The van der Waals surface area contributed by atoms with Crippen LogP contribution in [0.3, 0.4) is 0 Å². The van der Waals surface area contributed by atoms with E-state index in [-0.39, 0.29) is 11.5 Å². The lowest BCUT2D eigenvalue weighted by atomic mass is 10.2. The fourth-order valence-corrected chi connectivity index (χ4v) is 1.16. The molecular formula is C13H13N3O3. The van der Waals surface area contributed by atoms with E-state index in [4.69, 9.17) is 10.9 Å². The Labute approximate surface area is 109 Å². The number of carbonyl (C=O) groups is 2. The van der Waals surface area contributed by atoms with E-state index < -0.39 is 5.97 Å².